The van der Waals surface area contributed by atoms with E-state index < -0.39 is 8.24 Å². The Morgan fingerprint density at radius 1 is 1.33 bits per heavy atom. The highest BCUT2D eigenvalue weighted by Gasteiger charge is 2.40. The van der Waals surface area contributed by atoms with Gasteiger partial charge in [-0.15, -0.1) is 0 Å². The molecular formula is C13H26NO3Si. The van der Waals surface area contributed by atoms with Crippen LogP contribution in [0.2, 0.25) is 18.1 Å². The number of amides is 1. The lowest BCUT2D eigenvalue weighted by atomic mass is 10.2. The van der Waals surface area contributed by atoms with E-state index in [0.29, 0.717) is 26.0 Å². The number of ether oxygens (including phenoxy) is 1. The standard InChI is InChI=1S/C13H26NO3Si/c1-7-17-12(16)9-8-10-14(11-15)18(5,6)13(2,3)4/h7-10H2,1-6H3. The van der Waals surface area contributed by atoms with E-state index in [2.05, 4.69) is 33.9 Å². The number of carbonyl (C=O) groups excluding carboxylic acids is 2. The topological polar surface area (TPSA) is 46.6 Å². The Labute approximate surface area is 112 Å². The lowest BCUT2D eigenvalue weighted by Crippen LogP contribution is -2.54. The van der Waals surface area contributed by atoms with Crippen LogP contribution < -0.4 is 0 Å². The van der Waals surface area contributed by atoms with Crippen molar-refractivity contribution in [2.45, 2.75) is 58.7 Å². The zero-order chi connectivity index (χ0) is 14.4. The second kappa shape index (κ2) is 6.92. The number of carbonyl (C=O) groups is 1. The van der Waals surface area contributed by atoms with Gasteiger partial charge in [-0.25, -0.2) is 0 Å². The fourth-order valence-corrected chi connectivity index (χ4v) is 3.21. The van der Waals surface area contributed by atoms with Crippen LogP contribution in [-0.2, 0) is 14.3 Å². The molecular weight excluding hydrogens is 246 g/mol. The van der Waals surface area contributed by atoms with Gasteiger partial charge >= 0.3 is 12.4 Å². The van der Waals surface area contributed by atoms with Crippen LogP contribution in [0.4, 0.5) is 0 Å². The molecule has 0 unspecified atom stereocenters. The summed E-state index contributed by atoms with van der Waals surface area (Å²) in [5.41, 5.74) is 0. The predicted molar refractivity (Wildman–Crippen MR) is 75.5 cm³/mol. The van der Waals surface area contributed by atoms with E-state index >= 15 is 0 Å². The normalized spacial score (nSPS) is 12.1. The highest BCUT2D eigenvalue weighted by atomic mass is 28.3. The van der Waals surface area contributed by atoms with Gasteiger partial charge in [-0.1, -0.05) is 33.9 Å². The van der Waals surface area contributed by atoms with E-state index in [1.165, 1.54) is 0 Å². The van der Waals surface area contributed by atoms with Crippen LogP contribution in [-0.4, -0.2) is 38.3 Å². The molecule has 5 heteroatoms. The molecule has 0 heterocycles. The van der Waals surface area contributed by atoms with Crippen molar-refractivity contribution in [2.75, 3.05) is 13.2 Å². The van der Waals surface area contributed by atoms with Crippen LogP contribution in [0.3, 0.4) is 0 Å². The number of rotatable bonds is 7. The second-order valence-corrected chi connectivity index (χ2v) is 11.1. The van der Waals surface area contributed by atoms with Crippen LogP contribution >= 0.6 is 0 Å². The van der Waals surface area contributed by atoms with E-state index in [-0.39, 0.29) is 11.0 Å². The first-order valence-electron chi connectivity index (χ1n) is 6.48. The molecule has 0 saturated heterocycles. The second-order valence-electron chi connectivity index (χ2n) is 5.96. The minimum Gasteiger partial charge on any atom is -0.466 e. The maximum absolute atomic E-state index is 11.2. The van der Waals surface area contributed by atoms with Crippen molar-refractivity contribution < 1.29 is 14.3 Å². The molecule has 0 fully saturated rings. The molecule has 0 aliphatic carbocycles. The molecule has 4 nitrogen and oxygen atoms in total. The molecule has 0 aromatic carbocycles. The smallest absolute Gasteiger partial charge is 0.305 e. The van der Waals surface area contributed by atoms with Gasteiger partial charge in [-0.2, -0.15) is 0 Å². The Hall–Kier alpha value is -0.843. The van der Waals surface area contributed by atoms with E-state index in [0.717, 1.165) is 0 Å². The van der Waals surface area contributed by atoms with E-state index in [1.807, 2.05) is 6.41 Å². The summed E-state index contributed by atoms with van der Waals surface area (Å²) in [5, 5.41) is 0.0916. The van der Waals surface area contributed by atoms with Crippen molar-refractivity contribution in [1.29, 1.82) is 0 Å². The van der Waals surface area contributed by atoms with Crippen molar-refractivity contribution in [3.8, 4) is 0 Å². The number of esters is 1. The highest BCUT2D eigenvalue weighted by Crippen LogP contribution is 2.37. The third-order valence-electron chi connectivity index (χ3n) is 3.69. The molecule has 0 aliphatic heterocycles. The first kappa shape index (κ1) is 17.2. The molecule has 0 aliphatic rings. The van der Waals surface area contributed by atoms with Gasteiger partial charge < -0.3 is 9.30 Å². The van der Waals surface area contributed by atoms with Crippen molar-refractivity contribution in [2.24, 2.45) is 0 Å². The van der Waals surface area contributed by atoms with Gasteiger partial charge in [0.2, 0.25) is 0 Å². The molecule has 105 valence electrons. The number of hydrogen-bond acceptors (Lipinski definition) is 3. The Balaban J connectivity index is 4.37. The van der Waals surface area contributed by atoms with Crippen molar-refractivity contribution in [3.05, 3.63) is 0 Å². The molecule has 0 N–H and O–H groups in total. The third kappa shape index (κ3) is 4.80. The van der Waals surface area contributed by atoms with Crippen LogP contribution in [0, 0.1) is 0 Å². The summed E-state index contributed by atoms with van der Waals surface area (Å²) < 4.78 is 6.65. The van der Waals surface area contributed by atoms with Gasteiger partial charge in [-0.05, 0) is 18.4 Å². The van der Waals surface area contributed by atoms with Gasteiger partial charge in [0.15, 0.2) is 8.24 Å². The molecule has 0 atom stereocenters. The summed E-state index contributed by atoms with van der Waals surface area (Å²) >= 11 is 0. The van der Waals surface area contributed by atoms with Crippen LogP contribution in [0.25, 0.3) is 0 Å². The summed E-state index contributed by atoms with van der Waals surface area (Å²) in [6.07, 6.45) is 3.05. The Bertz CT molecular complexity index is 284. The van der Waals surface area contributed by atoms with E-state index in [4.69, 9.17) is 4.74 Å². The monoisotopic (exact) mass is 272 g/mol. The van der Waals surface area contributed by atoms with Crippen LogP contribution in [0.15, 0.2) is 0 Å². The summed E-state index contributed by atoms with van der Waals surface area (Å²) in [6, 6.07) is 0. The molecule has 0 saturated carbocycles. The summed E-state index contributed by atoms with van der Waals surface area (Å²) in [5.74, 6) is -0.196. The highest BCUT2D eigenvalue weighted by molar-refractivity contribution is 6.78. The SMILES string of the molecule is CCOC(=O)CCCN([C]=O)[Si](C)(C)C(C)(C)C. The zero-order valence-electron chi connectivity index (χ0n) is 12.5. The van der Waals surface area contributed by atoms with Crippen molar-refractivity contribution in [3.63, 3.8) is 0 Å². The molecule has 0 spiro atoms. The van der Waals surface area contributed by atoms with Crippen LogP contribution in [0.1, 0.15) is 40.5 Å². The fourth-order valence-electron chi connectivity index (χ4n) is 1.46. The van der Waals surface area contributed by atoms with Crippen molar-refractivity contribution in [1.82, 2.24) is 4.57 Å². The maximum atomic E-state index is 11.2. The first-order chi connectivity index (χ1) is 8.16. The Morgan fingerprint density at radius 3 is 2.28 bits per heavy atom. The molecule has 0 bridgehead atoms. The summed E-state index contributed by atoms with van der Waals surface area (Å²) in [6.45, 7) is 13.5. The van der Waals surface area contributed by atoms with Gasteiger partial charge in [0.25, 0.3) is 0 Å². The van der Waals surface area contributed by atoms with Crippen molar-refractivity contribution >= 4 is 20.6 Å². The summed E-state index contributed by atoms with van der Waals surface area (Å²) in [4.78, 5) is 22.4. The summed E-state index contributed by atoms with van der Waals surface area (Å²) in [7, 11) is -1.87. The lowest BCUT2D eigenvalue weighted by molar-refractivity contribution is -0.143. The number of nitrogens with zero attached hydrogens (tertiary/aromatic N) is 1. The Morgan fingerprint density at radius 2 is 1.89 bits per heavy atom. The zero-order valence-corrected chi connectivity index (χ0v) is 13.5. The molecule has 1 amide bonds. The molecule has 0 rings (SSSR count). The number of hydrogen-bond donors (Lipinski definition) is 0. The van der Waals surface area contributed by atoms with Crippen LogP contribution in [0.5, 0.6) is 0 Å². The van der Waals surface area contributed by atoms with Gasteiger partial charge in [0.1, 0.15) is 0 Å². The first-order valence-corrected chi connectivity index (χ1v) is 9.42. The third-order valence-corrected chi connectivity index (χ3v) is 9.02. The van der Waals surface area contributed by atoms with Gasteiger partial charge in [0, 0.05) is 13.0 Å². The molecule has 18 heavy (non-hydrogen) atoms. The van der Waals surface area contributed by atoms with E-state index in [9.17, 15) is 9.59 Å². The fraction of sp³-hybridized carbons (Fsp3) is 0.846. The van der Waals surface area contributed by atoms with Gasteiger partial charge in [-0.3, -0.25) is 9.59 Å². The lowest BCUT2D eigenvalue weighted by Gasteiger charge is -2.43. The molecule has 1 radical (unpaired) electrons. The van der Waals surface area contributed by atoms with Gasteiger partial charge in [0.05, 0.1) is 6.61 Å². The largest absolute Gasteiger partial charge is 0.466 e. The minimum atomic E-state index is -1.87. The van der Waals surface area contributed by atoms with E-state index in [1.54, 1.807) is 11.5 Å². The average Bonchev–Trinajstić information content (AvgIpc) is 2.22. The average molecular weight is 272 g/mol. The maximum Gasteiger partial charge on any atom is 0.305 e. The minimum absolute atomic E-state index is 0.0916. The molecule has 0 aromatic rings. The molecule has 0 aromatic heterocycles. The predicted octanol–water partition coefficient (Wildman–Crippen LogP) is 2.70. The Kier molecular flexibility index (Phi) is 6.60. The quantitative estimate of drug-likeness (QED) is 0.407.